The number of hydrogen-bond donors (Lipinski definition) is 0. The van der Waals surface area contributed by atoms with E-state index in [2.05, 4.69) is 52.0 Å². The van der Waals surface area contributed by atoms with Gasteiger partial charge in [0.15, 0.2) is 0 Å². The van der Waals surface area contributed by atoms with Crippen LogP contribution >= 0.6 is 0 Å². The Balaban J connectivity index is 1.69. The third-order valence-electron chi connectivity index (χ3n) is 5.45. The average molecular weight is 274 g/mol. The Morgan fingerprint density at radius 2 is 2.05 bits per heavy atom. The van der Waals surface area contributed by atoms with E-state index in [1.165, 1.54) is 17.5 Å². The van der Waals surface area contributed by atoms with Crippen molar-refractivity contribution in [2.24, 2.45) is 5.92 Å². The molecule has 2 heterocycles. The Morgan fingerprint density at radius 3 is 2.70 bits per heavy atom. The molecule has 110 valence electrons. The molecule has 0 amide bonds. The van der Waals surface area contributed by atoms with Gasteiger partial charge in [-0.1, -0.05) is 38.1 Å². The molecular weight excluding hydrogens is 248 g/mol. The summed E-state index contributed by atoms with van der Waals surface area (Å²) in [7, 11) is 0. The number of benzene rings is 1. The molecule has 2 fully saturated rings. The summed E-state index contributed by atoms with van der Waals surface area (Å²) >= 11 is 0. The zero-order valence-corrected chi connectivity index (χ0v) is 13.1. The summed E-state index contributed by atoms with van der Waals surface area (Å²) in [4.78, 5) is 0. The van der Waals surface area contributed by atoms with Crippen LogP contribution in [0.1, 0.15) is 51.2 Å². The molecule has 0 aromatic heterocycles. The molecule has 0 aliphatic carbocycles. The van der Waals surface area contributed by atoms with Crippen LogP contribution < -0.4 is 0 Å². The first kappa shape index (κ1) is 14.1. The number of aryl methyl sites for hydroxylation is 1. The van der Waals surface area contributed by atoms with Crippen LogP contribution in [0, 0.1) is 12.8 Å². The molecule has 0 saturated carbocycles. The fraction of sp³-hybridized carbons (Fsp3) is 0.667. The molecule has 3 atom stereocenters. The standard InChI is InChI=1S/C18H26O2/c1-13(2)18-10-9-17(4,20-18)16(11-18)19-12-15-8-6-5-7-14(15)3/h5-8,13,16H,9-12H2,1-4H3/t16?,17-,18?/m0/s1. The summed E-state index contributed by atoms with van der Waals surface area (Å²) in [5.74, 6) is 0.566. The Labute approximate surface area is 122 Å². The zero-order chi connectivity index (χ0) is 14.4. The SMILES string of the molecule is Cc1ccccc1COC1CC2(C(C)C)CC[C@]1(C)O2. The van der Waals surface area contributed by atoms with Gasteiger partial charge < -0.3 is 9.47 Å². The van der Waals surface area contributed by atoms with Gasteiger partial charge in [-0.25, -0.2) is 0 Å². The fourth-order valence-corrected chi connectivity index (χ4v) is 3.77. The summed E-state index contributed by atoms with van der Waals surface area (Å²) in [5.41, 5.74) is 2.58. The van der Waals surface area contributed by atoms with Crippen molar-refractivity contribution >= 4 is 0 Å². The lowest BCUT2D eigenvalue weighted by Gasteiger charge is -2.31. The minimum Gasteiger partial charge on any atom is -0.370 e. The lowest BCUT2D eigenvalue weighted by Crippen LogP contribution is -2.38. The average Bonchev–Trinajstić information content (AvgIpc) is 2.90. The highest BCUT2D eigenvalue weighted by molar-refractivity contribution is 5.24. The second-order valence-corrected chi connectivity index (χ2v) is 7.06. The van der Waals surface area contributed by atoms with Crippen LogP contribution in [0.4, 0.5) is 0 Å². The first-order valence-electron chi connectivity index (χ1n) is 7.81. The maximum absolute atomic E-state index is 6.42. The van der Waals surface area contributed by atoms with Gasteiger partial charge in [-0.05, 0) is 43.7 Å². The summed E-state index contributed by atoms with van der Waals surface area (Å²) in [6, 6.07) is 8.46. The maximum Gasteiger partial charge on any atom is 0.0924 e. The Kier molecular flexibility index (Phi) is 3.42. The van der Waals surface area contributed by atoms with E-state index >= 15 is 0 Å². The van der Waals surface area contributed by atoms with Crippen molar-refractivity contribution in [3.63, 3.8) is 0 Å². The number of rotatable bonds is 4. The van der Waals surface area contributed by atoms with Crippen LogP contribution in [0.15, 0.2) is 24.3 Å². The number of hydrogen-bond acceptors (Lipinski definition) is 2. The van der Waals surface area contributed by atoms with Crippen molar-refractivity contribution in [3.8, 4) is 0 Å². The lowest BCUT2D eigenvalue weighted by molar-refractivity contribution is -0.0960. The minimum atomic E-state index is -0.0764. The van der Waals surface area contributed by atoms with Gasteiger partial charge in [0.05, 0.1) is 23.9 Å². The van der Waals surface area contributed by atoms with Gasteiger partial charge >= 0.3 is 0 Å². The summed E-state index contributed by atoms with van der Waals surface area (Å²) in [6.45, 7) is 9.62. The van der Waals surface area contributed by atoms with E-state index in [0.29, 0.717) is 12.5 Å². The minimum absolute atomic E-state index is 0.0607. The largest absolute Gasteiger partial charge is 0.370 e. The molecular formula is C18H26O2. The molecule has 2 aliphatic rings. The molecule has 2 saturated heterocycles. The molecule has 3 rings (SSSR count). The summed E-state index contributed by atoms with van der Waals surface area (Å²) < 4.78 is 12.7. The maximum atomic E-state index is 6.42. The van der Waals surface area contributed by atoms with Crippen molar-refractivity contribution in [1.29, 1.82) is 0 Å². The molecule has 2 heteroatoms. The van der Waals surface area contributed by atoms with Crippen molar-refractivity contribution < 1.29 is 9.47 Å². The number of fused-ring (bicyclic) bond motifs is 2. The van der Waals surface area contributed by atoms with Crippen molar-refractivity contribution in [2.45, 2.75) is 70.9 Å². The first-order chi connectivity index (χ1) is 9.45. The highest BCUT2D eigenvalue weighted by Crippen LogP contribution is 2.55. The van der Waals surface area contributed by atoms with Crippen LogP contribution in [-0.4, -0.2) is 17.3 Å². The molecule has 0 N–H and O–H groups in total. The molecule has 2 aliphatic heterocycles. The Bertz CT molecular complexity index is 496. The highest BCUT2D eigenvalue weighted by Gasteiger charge is 2.60. The van der Waals surface area contributed by atoms with Gasteiger partial charge in [-0.15, -0.1) is 0 Å². The van der Waals surface area contributed by atoms with Crippen LogP contribution in [0.3, 0.4) is 0 Å². The van der Waals surface area contributed by atoms with Crippen LogP contribution in [-0.2, 0) is 16.1 Å². The van der Waals surface area contributed by atoms with Crippen molar-refractivity contribution in [2.75, 3.05) is 0 Å². The van der Waals surface area contributed by atoms with E-state index in [-0.39, 0.29) is 17.3 Å². The van der Waals surface area contributed by atoms with E-state index in [1.54, 1.807) is 0 Å². The second kappa shape index (κ2) is 4.85. The van der Waals surface area contributed by atoms with E-state index < -0.39 is 0 Å². The van der Waals surface area contributed by atoms with Gasteiger partial charge in [0.25, 0.3) is 0 Å². The predicted molar refractivity (Wildman–Crippen MR) is 80.7 cm³/mol. The first-order valence-corrected chi connectivity index (χ1v) is 7.81. The normalized spacial score (nSPS) is 36.0. The monoisotopic (exact) mass is 274 g/mol. The smallest absolute Gasteiger partial charge is 0.0924 e. The van der Waals surface area contributed by atoms with E-state index in [0.717, 1.165) is 12.8 Å². The van der Waals surface area contributed by atoms with Crippen LogP contribution in [0.25, 0.3) is 0 Å². The van der Waals surface area contributed by atoms with Crippen LogP contribution in [0.5, 0.6) is 0 Å². The van der Waals surface area contributed by atoms with Gasteiger partial charge in [-0.2, -0.15) is 0 Å². The fourth-order valence-electron chi connectivity index (χ4n) is 3.77. The van der Waals surface area contributed by atoms with Crippen molar-refractivity contribution in [1.82, 2.24) is 0 Å². The lowest BCUT2D eigenvalue weighted by atomic mass is 9.75. The van der Waals surface area contributed by atoms with Gasteiger partial charge in [0, 0.05) is 6.42 Å². The molecule has 1 aromatic carbocycles. The van der Waals surface area contributed by atoms with E-state index in [4.69, 9.17) is 9.47 Å². The highest BCUT2D eigenvalue weighted by atomic mass is 16.6. The zero-order valence-electron chi connectivity index (χ0n) is 13.1. The van der Waals surface area contributed by atoms with E-state index in [9.17, 15) is 0 Å². The molecule has 0 radical (unpaired) electrons. The third kappa shape index (κ3) is 2.19. The Hall–Kier alpha value is -0.860. The molecule has 2 bridgehead atoms. The number of ether oxygens (including phenoxy) is 2. The third-order valence-corrected chi connectivity index (χ3v) is 5.45. The topological polar surface area (TPSA) is 18.5 Å². The van der Waals surface area contributed by atoms with Gasteiger partial charge in [0.2, 0.25) is 0 Å². The van der Waals surface area contributed by atoms with Crippen LogP contribution in [0.2, 0.25) is 0 Å². The van der Waals surface area contributed by atoms with Gasteiger partial charge in [0.1, 0.15) is 0 Å². The van der Waals surface area contributed by atoms with E-state index in [1.807, 2.05) is 0 Å². The molecule has 20 heavy (non-hydrogen) atoms. The molecule has 2 nitrogen and oxygen atoms in total. The van der Waals surface area contributed by atoms with Gasteiger partial charge in [-0.3, -0.25) is 0 Å². The molecule has 2 unspecified atom stereocenters. The summed E-state index contributed by atoms with van der Waals surface area (Å²) in [6.07, 6.45) is 3.60. The molecule has 0 spiro atoms. The Morgan fingerprint density at radius 1 is 1.30 bits per heavy atom. The molecule has 1 aromatic rings. The second-order valence-electron chi connectivity index (χ2n) is 7.06. The van der Waals surface area contributed by atoms with Crippen molar-refractivity contribution in [3.05, 3.63) is 35.4 Å². The quantitative estimate of drug-likeness (QED) is 0.817. The summed E-state index contributed by atoms with van der Waals surface area (Å²) in [5, 5.41) is 0. The predicted octanol–water partition coefficient (Wildman–Crippen LogP) is 4.25.